The highest BCUT2D eigenvalue weighted by molar-refractivity contribution is 5.86. The summed E-state index contributed by atoms with van der Waals surface area (Å²) in [5, 5.41) is 0. The molecule has 45 heavy (non-hydrogen) atoms. The zero-order chi connectivity index (χ0) is 30.8. The molecule has 0 spiro atoms. The summed E-state index contributed by atoms with van der Waals surface area (Å²) in [4.78, 5) is 0. The van der Waals surface area contributed by atoms with Crippen molar-refractivity contribution in [2.45, 2.75) is 20.8 Å². The highest BCUT2D eigenvalue weighted by atomic mass is 14.2. The van der Waals surface area contributed by atoms with Gasteiger partial charge in [0.25, 0.3) is 0 Å². The summed E-state index contributed by atoms with van der Waals surface area (Å²) in [6.45, 7) is 6.53. The molecule has 7 aromatic carbocycles. The van der Waals surface area contributed by atoms with Gasteiger partial charge in [0, 0.05) is 0 Å². The van der Waals surface area contributed by atoms with Crippen LogP contribution in [0.25, 0.3) is 66.8 Å². The van der Waals surface area contributed by atoms with E-state index in [2.05, 4.69) is 185 Å². The minimum Gasteiger partial charge on any atom is -0.0622 e. The molecule has 0 aliphatic rings. The minimum atomic E-state index is 1.22. The first-order chi connectivity index (χ1) is 22.0. The van der Waals surface area contributed by atoms with Gasteiger partial charge < -0.3 is 0 Å². The van der Waals surface area contributed by atoms with Gasteiger partial charge in [0.15, 0.2) is 0 Å². The normalized spacial score (nSPS) is 11.0. The van der Waals surface area contributed by atoms with Gasteiger partial charge in [0.1, 0.15) is 0 Å². The van der Waals surface area contributed by atoms with Crippen LogP contribution in [0, 0.1) is 20.8 Å². The molecule has 0 fully saturated rings. The average Bonchev–Trinajstić information content (AvgIpc) is 3.08. The number of hydrogen-bond acceptors (Lipinski definition) is 0. The maximum atomic E-state index is 2.36. The first-order valence-electron chi connectivity index (χ1n) is 15.7. The lowest BCUT2D eigenvalue weighted by Gasteiger charge is -2.15. The fourth-order valence-corrected chi connectivity index (χ4v) is 6.28. The van der Waals surface area contributed by atoms with Crippen molar-refractivity contribution in [2.75, 3.05) is 0 Å². The Balaban J connectivity index is 1.40. The van der Waals surface area contributed by atoms with Gasteiger partial charge in [-0.2, -0.15) is 0 Å². The Morgan fingerprint density at radius 3 is 0.822 bits per heavy atom. The Morgan fingerprint density at radius 2 is 0.467 bits per heavy atom. The second kappa shape index (κ2) is 12.3. The van der Waals surface area contributed by atoms with Gasteiger partial charge in [-0.1, -0.05) is 132 Å². The Morgan fingerprint density at radius 1 is 0.200 bits per heavy atom. The Hall–Kier alpha value is -5.46. The van der Waals surface area contributed by atoms with Crippen molar-refractivity contribution in [3.05, 3.63) is 180 Å². The molecule has 0 bridgehead atoms. The summed E-state index contributed by atoms with van der Waals surface area (Å²) >= 11 is 0. The van der Waals surface area contributed by atoms with Gasteiger partial charge in [0.05, 0.1) is 0 Å². The van der Waals surface area contributed by atoms with E-state index in [0.29, 0.717) is 0 Å². The molecule has 7 aromatic rings. The summed E-state index contributed by atoms with van der Waals surface area (Å²) in [5.74, 6) is 0. The molecule has 0 aliphatic carbocycles. The predicted octanol–water partition coefficient (Wildman–Crippen LogP) is 12.6. The standard InChI is InChI=1S/C45H36/c1-31-12-10-18-36(20-31)42-25-40(34-14-6-4-7-15-34)27-44(29-42)38-22-33(3)23-39(24-38)45-28-41(35-16-8-5-9-17-35)26-43(30-45)37-19-11-13-32(2)21-37/h4-30H,1-3H3. The first-order valence-corrected chi connectivity index (χ1v) is 15.7. The Labute approximate surface area is 267 Å². The summed E-state index contributed by atoms with van der Waals surface area (Å²) in [6.07, 6.45) is 0. The van der Waals surface area contributed by atoms with E-state index in [1.165, 1.54) is 83.5 Å². The molecule has 0 aromatic heterocycles. The van der Waals surface area contributed by atoms with E-state index in [0.717, 1.165) is 0 Å². The van der Waals surface area contributed by atoms with Crippen molar-refractivity contribution in [3.63, 3.8) is 0 Å². The van der Waals surface area contributed by atoms with Crippen LogP contribution in [0.2, 0.25) is 0 Å². The maximum absolute atomic E-state index is 2.36. The number of rotatable bonds is 6. The van der Waals surface area contributed by atoms with Crippen molar-refractivity contribution in [2.24, 2.45) is 0 Å². The Kier molecular flexibility index (Phi) is 7.72. The molecule has 0 saturated carbocycles. The third-order valence-electron chi connectivity index (χ3n) is 8.53. The van der Waals surface area contributed by atoms with Crippen molar-refractivity contribution >= 4 is 0 Å². The molecule has 7 rings (SSSR count). The molecule has 216 valence electrons. The fraction of sp³-hybridized carbons (Fsp3) is 0.0667. The van der Waals surface area contributed by atoms with Crippen LogP contribution in [-0.4, -0.2) is 0 Å². The number of hydrogen-bond donors (Lipinski definition) is 0. The molecule has 0 heterocycles. The third-order valence-corrected chi connectivity index (χ3v) is 8.53. The smallest absolute Gasteiger partial charge is 0.0171 e. The van der Waals surface area contributed by atoms with Gasteiger partial charge in [-0.3, -0.25) is 0 Å². The van der Waals surface area contributed by atoms with Crippen molar-refractivity contribution < 1.29 is 0 Å². The van der Waals surface area contributed by atoms with Crippen LogP contribution in [0.4, 0.5) is 0 Å². The highest BCUT2D eigenvalue weighted by Gasteiger charge is 2.12. The largest absolute Gasteiger partial charge is 0.0622 e. The van der Waals surface area contributed by atoms with Crippen molar-refractivity contribution in [1.82, 2.24) is 0 Å². The first kappa shape index (κ1) is 28.3. The molecule has 0 N–H and O–H groups in total. The molecule has 0 radical (unpaired) electrons. The average molecular weight is 577 g/mol. The van der Waals surface area contributed by atoms with Crippen molar-refractivity contribution in [1.29, 1.82) is 0 Å². The molecule has 0 nitrogen and oxygen atoms in total. The molecule has 0 heteroatoms. The van der Waals surface area contributed by atoms with Crippen molar-refractivity contribution in [3.8, 4) is 66.8 Å². The lowest BCUT2D eigenvalue weighted by atomic mass is 9.89. The Bertz CT molecular complexity index is 1970. The SMILES string of the molecule is Cc1cccc(-c2cc(-c3ccccc3)cc(-c3cc(C)cc(-c4cc(-c5ccccc5)cc(-c5cccc(C)c5)c4)c3)c2)c1. The van der Waals surface area contributed by atoms with Gasteiger partial charge in [-0.25, -0.2) is 0 Å². The van der Waals surface area contributed by atoms with E-state index in [1.807, 2.05) is 0 Å². The van der Waals surface area contributed by atoms with Crippen LogP contribution in [0.5, 0.6) is 0 Å². The molecule has 0 saturated heterocycles. The molecule has 0 amide bonds. The molecular formula is C45H36. The van der Waals surface area contributed by atoms with E-state index in [-0.39, 0.29) is 0 Å². The van der Waals surface area contributed by atoms with E-state index in [4.69, 9.17) is 0 Å². The second-order valence-corrected chi connectivity index (χ2v) is 12.2. The van der Waals surface area contributed by atoms with Gasteiger partial charge in [-0.05, 0) is 136 Å². The van der Waals surface area contributed by atoms with E-state index >= 15 is 0 Å². The summed E-state index contributed by atoms with van der Waals surface area (Å²) in [5.41, 5.74) is 18.5. The molecule has 0 atom stereocenters. The van der Waals surface area contributed by atoms with Crippen LogP contribution in [0.1, 0.15) is 16.7 Å². The van der Waals surface area contributed by atoms with Gasteiger partial charge >= 0.3 is 0 Å². The molecular weight excluding hydrogens is 540 g/mol. The fourth-order valence-electron chi connectivity index (χ4n) is 6.28. The minimum absolute atomic E-state index is 1.22. The summed E-state index contributed by atoms with van der Waals surface area (Å²) in [6, 6.07) is 60.0. The van der Waals surface area contributed by atoms with Gasteiger partial charge in [-0.15, -0.1) is 0 Å². The lowest BCUT2D eigenvalue weighted by Crippen LogP contribution is -1.90. The quantitative estimate of drug-likeness (QED) is 0.185. The van der Waals surface area contributed by atoms with Gasteiger partial charge in [0.2, 0.25) is 0 Å². The van der Waals surface area contributed by atoms with Crippen LogP contribution < -0.4 is 0 Å². The molecule has 0 aliphatic heterocycles. The lowest BCUT2D eigenvalue weighted by molar-refractivity contribution is 1.45. The monoisotopic (exact) mass is 576 g/mol. The second-order valence-electron chi connectivity index (χ2n) is 12.2. The number of benzene rings is 7. The number of aryl methyl sites for hydroxylation is 3. The van der Waals surface area contributed by atoms with Crippen LogP contribution >= 0.6 is 0 Å². The van der Waals surface area contributed by atoms with Crippen LogP contribution in [-0.2, 0) is 0 Å². The zero-order valence-corrected chi connectivity index (χ0v) is 26.1. The summed E-state index contributed by atoms with van der Waals surface area (Å²) in [7, 11) is 0. The maximum Gasteiger partial charge on any atom is -0.0171 e. The van der Waals surface area contributed by atoms with Crippen LogP contribution in [0.15, 0.2) is 164 Å². The zero-order valence-electron chi connectivity index (χ0n) is 26.1. The summed E-state index contributed by atoms with van der Waals surface area (Å²) < 4.78 is 0. The predicted molar refractivity (Wildman–Crippen MR) is 193 cm³/mol. The van der Waals surface area contributed by atoms with E-state index in [1.54, 1.807) is 0 Å². The van der Waals surface area contributed by atoms with Crippen LogP contribution in [0.3, 0.4) is 0 Å². The topological polar surface area (TPSA) is 0 Å². The highest BCUT2D eigenvalue weighted by Crippen LogP contribution is 2.38. The third kappa shape index (κ3) is 6.28. The molecule has 0 unspecified atom stereocenters. The van der Waals surface area contributed by atoms with E-state index < -0.39 is 0 Å². The van der Waals surface area contributed by atoms with E-state index in [9.17, 15) is 0 Å².